The number of nitrogens with one attached hydrogen (secondary N) is 1. The largest absolute Gasteiger partial charge is 0.375 e. The predicted molar refractivity (Wildman–Crippen MR) is 75.1 cm³/mol. The first-order valence-electron chi connectivity index (χ1n) is 5.36. The first-order chi connectivity index (χ1) is 8.04. The van der Waals surface area contributed by atoms with E-state index in [0.29, 0.717) is 11.6 Å². The summed E-state index contributed by atoms with van der Waals surface area (Å²) in [6, 6.07) is 6.80. The summed E-state index contributed by atoms with van der Waals surface area (Å²) in [5.74, 6) is -0.194. The van der Waals surface area contributed by atoms with Gasteiger partial charge in [0, 0.05) is 18.7 Å². The van der Waals surface area contributed by atoms with Crippen molar-refractivity contribution < 1.29 is 9.53 Å². The number of nitrogens with two attached hydrogens (primary N) is 1. The molecule has 1 rings (SSSR count). The van der Waals surface area contributed by atoms with E-state index in [1.54, 1.807) is 26.2 Å². The molecule has 0 spiro atoms. The van der Waals surface area contributed by atoms with E-state index in [2.05, 4.69) is 5.32 Å². The number of carbonyl (C=O) groups is 1. The standard InChI is InChI=1S/C12H17ClN2O2.ClH/c1-8(14)12(16)15-7-11(17-2)9-3-5-10(13)6-4-9;/h3-6,8,11H,7,14H2,1-2H3,(H,15,16);1H/t8-,11?;/m1./s1. The van der Waals surface area contributed by atoms with E-state index >= 15 is 0 Å². The number of halogens is 2. The van der Waals surface area contributed by atoms with Gasteiger partial charge in [0.2, 0.25) is 5.91 Å². The van der Waals surface area contributed by atoms with Crippen LogP contribution < -0.4 is 11.1 Å². The van der Waals surface area contributed by atoms with Gasteiger partial charge in [0.1, 0.15) is 0 Å². The maximum Gasteiger partial charge on any atom is 0.236 e. The maximum atomic E-state index is 11.3. The Balaban J connectivity index is 0.00000289. The van der Waals surface area contributed by atoms with Crippen LogP contribution in [0.1, 0.15) is 18.6 Å². The number of rotatable bonds is 5. The van der Waals surface area contributed by atoms with E-state index in [0.717, 1.165) is 5.56 Å². The SMILES string of the molecule is COC(CNC(=O)[C@@H](C)N)c1ccc(Cl)cc1.Cl. The lowest BCUT2D eigenvalue weighted by Crippen LogP contribution is -2.40. The topological polar surface area (TPSA) is 64.3 Å². The van der Waals surface area contributed by atoms with Crippen molar-refractivity contribution in [1.29, 1.82) is 0 Å². The first kappa shape index (κ1) is 17.2. The van der Waals surface area contributed by atoms with Gasteiger partial charge in [-0.15, -0.1) is 12.4 Å². The van der Waals surface area contributed by atoms with Gasteiger partial charge in [-0.25, -0.2) is 0 Å². The van der Waals surface area contributed by atoms with Gasteiger partial charge in [-0.1, -0.05) is 23.7 Å². The lowest BCUT2D eigenvalue weighted by atomic mass is 10.1. The van der Waals surface area contributed by atoms with E-state index in [9.17, 15) is 4.79 Å². The lowest BCUT2D eigenvalue weighted by molar-refractivity contribution is -0.122. The smallest absolute Gasteiger partial charge is 0.236 e. The molecule has 1 aromatic carbocycles. The molecule has 0 aromatic heterocycles. The predicted octanol–water partition coefficient (Wildman–Crippen LogP) is 1.91. The summed E-state index contributed by atoms with van der Waals surface area (Å²) in [6.45, 7) is 2.03. The van der Waals surface area contributed by atoms with Gasteiger partial charge in [0.05, 0.1) is 12.1 Å². The second-order valence-corrected chi connectivity index (χ2v) is 4.25. The molecular weight excluding hydrogens is 275 g/mol. The number of benzene rings is 1. The molecule has 1 amide bonds. The van der Waals surface area contributed by atoms with Crippen LogP contribution in [0.3, 0.4) is 0 Å². The van der Waals surface area contributed by atoms with Gasteiger partial charge in [-0.05, 0) is 24.6 Å². The average Bonchev–Trinajstić information content (AvgIpc) is 2.31. The van der Waals surface area contributed by atoms with Crippen molar-refractivity contribution in [3.05, 3.63) is 34.9 Å². The van der Waals surface area contributed by atoms with Crippen LogP contribution in [0.2, 0.25) is 5.02 Å². The van der Waals surface area contributed by atoms with Gasteiger partial charge in [-0.3, -0.25) is 4.79 Å². The molecule has 0 aliphatic heterocycles. The van der Waals surface area contributed by atoms with Crippen molar-refractivity contribution in [2.75, 3.05) is 13.7 Å². The minimum Gasteiger partial charge on any atom is -0.375 e. The maximum absolute atomic E-state index is 11.3. The minimum atomic E-state index is -0.516. The molecule has 6 heteroatoms. The summed E-state index contributed by atoms with van der Waals surface area (Å²) in [5, 5.41) is 3.39. The molecule has 4 nitrogen and oxygen atoms in total. The van der Waals surface area contributed by atoms with Crippen LogP contribution in [0.25, 0.3) is 0 Å². The summed E-state index contributed by atoms with van der Waals surface area (Å²) < 4.78 is 5.31. The molecule has 1 unspecified atom stereocenters. The second kappa shape index (κ2) is 8.32. The highest BCUT2D eigenvalue weighted by Gasteiger charge is 2.13. The molecule has 1 aromatic rings. The zero-order chi connectivity index (χ0) is 12.8. The zero-order valence-corrected chi connectivity index (χ0v) is 11.9. The number of methoxy groups -OCH3 is 1. The Morgan fingerprint density at radius 2 is 2.00 bits per heavy atom. The molecule has 0 radical (unpaired) electrons. The lowest BCUT2D eigenvalue weighted by Gasteiger charge is -2.17. The molecule has 2 atom stereocenters. The monoisotopic (exact) mass is 292 g/mol. The molecule has 0 heterocycles. The van der Waals surface area contributed by atoms with E-state index in [1.807, 2.05) is 12.1 Å². The molecule has 0 saturated heterocycles. The number of carbonyl (C=O) groups excluding carboxylic acids is 1. The minimum absolute atomic E-state index is 0. The Kier molecular flexibility index (Phi) is 7.95. The highest BCUT2D eigenvalue weighted by atomic mass is 35.5. The number of amides is 1. The average molecular weight is 293 g/mol. The Labute approximate surface area is 118 Å². The Morgan fingerprint density at radius 3 is 2.44 bits per heavy atom. The van der Waals surface area contributed by atoms with Crippen molar-refractivity contribution in [2.45, 2.75) is 19.1 Å². The normalized spacial score (nSPS) is 13.3. The summed E-state index contributed by atoms with van der Waals surface area (Å²) >= 11 is 5.80. The van der Waals surface area contributed by atoms with E-state index in [-0.39, 0.29) is 24.4 Å². The number of hydrogen-bond acceptors (Lipinski definition) is 3. The Hall–Kier alpha value is -0.810. The fraction of sp³-hybridized carbons (Fsp3) is 0.417. The van der Waals surface area contributed by atoms with Crippen LogP contribution in [0.5, 0.6) is 0 Å². The molecular formula is C12H18Cl2N2O2. The Bertz CT molecular complexity index is 369. The highest BCUT2D eigenvalue weighted by molar-refractivity contribution is 6.30. The van der Waals surface area contributed by atoms with Gasteiger partial charge >= 0.3 is 0 Å². The third-order valence-electron chi connectivity index (χ3n) is 2.40. The molecule has 0 bridgehead atoms. The van der Waals surface area contributed by atoms with Gasteiger partial charge < -0.3 is 15.8 Å². The van der Waals surface area contributed by atoms with Gasteiger partial charge in [0.25, 0.3) is 0 Å². The van der Waals surface area contributed by atoms with Crippen LogP contribution in [0.4, 0.5) is 0 Å². The third-order valence-corrected chi connectivity index (χ3v) is 2.65. The van der Waals surface area contributed by atoms with Crippen LogP contribution in [0.15, 0.2) is 24.3 Å². The van der Waals surface area contributed by atoms with E-state index in [4.69, 9.17) is 22.1 Å². The summed E-state index contributed by atoms with van der Waals surface area (Å²) in [5.41, 5.74) is 6.41. The van der Waals surface area contributed by atoms with Crippen molar-refractivity contribution in [3.63, 3.8) is 0 Å². The molecule has 0 aliphatic carbocycles. The van der Waals surface area contributed by atoms with Crippen molar-refractivity contribution in [2.24, 2.45) is 5.73 Å². The van der Waals surface area contributed by atoms with Crippen LogP contribution in [-0.2, 0) is 9.53 Å². The number of ether oxygens (including phenoxy) is 1. The second-order valence-electron chi connectivity index (χ2n) is 3.81. The van der Waals surface area contributed by atoms with Crippen molar-refractivity contribution >= 4 is 29.9 Å². The van der Waals surface area contributed by atoms with Crippen molar-refractivity contribution in [3.8, 4) is 0 Å². The van der Waals surface area contributed by atoms with Crippen LogP contribution >= 0.6 is 24.0 Å². The summed E-state index contributed by atoms with van der Waals surface area (Å²) in [4.78, 5) is 11.3. The van der Waals surface area contributed by atoms with E-state index in [1.165, 1.54) is 0 Å². The molecule has 3 N–H and O–H groups in total. The first-order valence-corrected chi connectivity index (χ1v) is 5.74. The number of hydrogen-bond donors (Lipinski definition) is 2. The fourth-order valence-electron chi connectivity index (χ4n) is 1.37. The molecule has 0 fully saturated rings. The zero-order valence-electron chi connectivity index (χ0n) is 10.4. The van der Waals surface area contributed by atoms with E-state index < -0.39 is 6.04 Å². The molecule has 0 aliphatic rings. The Morgan fingerprint density at radius 1 is 1.44 bits per heavy atom. The highest BCUT2D eigenvalue weighted by Crippen LogP contribution is 2.18. The quantitative estimate of drug-likeness (QED) is 0.871. The molecule has 102 valence electrons. The fourth-order valence-corrected chi connectivity index (χ4v) is 1.49. The molecule has 18 heavy (non-hydrogen) atoms. The van der Waals surface area contributed by atoms with Crippen LogP contribution in [-0.4, -0.2) is 25.6 Å². The van der Waals surface area contributed by atoms with Crippen molar-refractivity contribution in [1.82, 2.24) is 5.32 Å². The summed E-state index contributed by atoms with van der Waals surface area (Å²) in [6.07, 6.45) is -0.199. The third kappa shape index (κ3) is 5.23. The van der Waals surface area contributed by atoms with Gasteiger partial charge in [-0.2, -0.15) is 0 Å². The molecule has 0 saturated carbocycles. The van der Waals surface area contributed by atoms with Crippen LogP contribution in [0, 0.1) is 0 Å². The summed E-state index contributed by atoms with van der Waals surface area (Å²) in [7, 11) is 1.59. The van der Waals surface area contributed by atoms with Gasteiger partial charge in [0.15, 0.2) is 0 Å².